The molecular formula is C20H19N5O3. The first kappa shape index (κ1) is 17.7. The van der Waals surface area contributed by atoms with Crippen LogP contribution in [0.2, 0.25) is 0 Å². The molecule has 3 amide bonds. The Hall–Kier alpha value is -3.68. The summed E-state index contributed by atoms with van der Waals surface area (Å²) in [6.07, 6.45) is 0.289. The third-order valence-corrected chi connectivity index (χ3v) is 4.60. The van der Waals surface area contributed by atoms with Crippen LogP contribution in [0.5, 0.6) is 0 Å². The molecule has 28 heavy (non-hydrogen) atoms. The second-order valence-electron chi connectivity index (χ2n) is 6.70. The van der Waals surface area contributed by atoms with Gasteiger partial charge in [-0.05, 0) is 43.7 Å². The Morgan fingerprint density at radius 2 is 2.00 bits per heavy atom. The van der Waals surface area contributed by atoms with E-state index >= 15 is 0 Å². The van der Waals surface area contributed by atoms with E-state index in [9.17, 15) is 14.4 Å². The lowest BCUT2D eigenvalue weighted by Gasteiger charge is -2.14. The number of para-hydroxylation sites is 1. The lowest BCUT2D eigenvalue weighted by molar-refractivity contribution is -0.118. The molecule has 2 heterocycles. The van der Waals surface area contributed by atoms with E-state index in [-0.39, 0.29) is 30.6 Å². The highest BCUT2D eigenvalue weighted by molar-refractivity contribution is 6.10. The van der Waals surface area contributed by atoms with Gasteiger partial charge in [-0.2, -0.15) is 0 Å². The van der Waals surface area contributed by atoms with E-state index in [4.69, 9.17) is 0 Å². The number of hydrogen-bond donors (Lipinski definition) is 4. The molecule has 2 aromatic carbocycles. The minimum absolute atomic E-state index is 0.0920. The van der Waals surface area contributed by atoms with Crippen molar-refractivity contribution in [3.8, 4) is 0 Å². The van der Waals surface area contributed by atoms with Crippen molar-refractivity contribution in [2.24, 2.45) is 0 Å². The summed E-state index contributed by atoms with van der Waals surface area (Å²) in [5, 5.41) is 8.23. The van der Waals surface area contributed by atoms with Crippen molar-refractivity contribution in [2.45, 2.75) is 25.8 Å². The number of nitrogens with one attached hydrogen (secondary N) is 4. The maximum absolute atomic E-state index is 12.4. The molecule has 8 nitrogen and oxygen atoms in total. The van der Waals surface area contributed by atoms with Crippen LogP contribution in [0, 0.1) is 6.92 Å². The largest absolute Gasteiger partial charge is 0.342 e. The summed E-state index contributed by atoms with van der Waals surface area (Å²) < 4.78 is 0. The fourth-order valence-corrected chi connectivity index (χ4v) is 3.23. The van der Waals surface area contributed by atoms with Gasteiger partial charge in [-0.1, -0.05) is 12.1 Å². The molecule has 142 valence electrons. The highest BCUT2D eigenvalue weighted by Crippen LogP contribution is 2.20. The number of rotatable bonds is 4. The first-order chi connectivity index (χ1) is 13.5. The number of fused-ring (bicyclic) bond motifs is 2. The van der Waals surface area contributed by atoms with Crippen molar-refractivity contribution in [2.75, 3.05) is 10.6 Å². The summed E-state index contributed by atoms with van der Waals surface area (Å²) in [5.74, 6) is -0.103. The molecule has 0 saturated heterocycles. The van der Waals surface area contributed by atoms with Crippen LogP contribution in [-0.4, -0.2) is 33.7 Å². The number of nitrogens with zero attached hydrogens (tertiary/aromatic N) is 1. The molecule has 4 N–H and O–H groups in total. The Balaban J connectivity index is 1.38. The van der Waals surface area contributed by atoms with Crippen LogP contribution in [0.1, 0.15) is 29.0 Å². The third-order valence-electron chi connectivity index (χ3n) is 4.60. The average molecular weight is 377 g/mol. The zero-order chi connectivity index (χ0) is 19.7. The molecule has 1 aliphatic rings. The topological polar surface area (TPSA) is 116 Å². The van der Waals surface area contributed by atoms with Crippen molar-refractivity contribution in [1.82, 2.24) is 15.3 Å². The molecular weight excluding hydrogens is 358 g/mol. The predicted molar refractivity (Wildman–Crippen MR) is 105 cm³/mol. The maximum atomic E-state index is 12.4. The third kappa shape index (κ3) is 3.57. The van der Waals surface area contributed by atoms with Crippen LogP contribution >= 0.6 is 0 Å². The number of imidazole rings is 1. The van der Waals surface area contributed by atoms with Gasteiger partial charge >= 0.3 is 0 Å². The molecule has 0 saturated carbocycles. The van der Waals surface area contributed by atoms with E-state index in [0.717, 1.165) is 16.9 Å². The summed E-state index contributed by atoms with van der Waals surface area (Å²) in [6, 6.07) is 11.4. The van der Waals surface area contributed by atoms with Crippen molar-refractivity contribution in [3.05, 3.63) is 53.9 Å². The number of aromatic amines is 1. The van der Waals surface area contributed by atoms with Crippen molar-refractivity contribution in [3.63, 3.8) is 0 Å². The van der Waals surface area contributed by atoms with Gasteiger partial charge in [0.05, 0.1) is 22.3 Å². The van der Waals surface area contributed by atoms with Gasteiger partial charge in [0.15, 0.2) is 0 Å². The Kier molecular flexibility index (Phi) is 4.52. The molecule has 1 atom stereocenters. The average Bonchev–Trinajstić information content (AvgIpc) is 2.98. The fraction of sp³-hybridized carbons (Fsp3) is 0.200. The predicted octanol–water partition coefficient (Wildman–Crippen LogP) is 2.34. The Morgan fingerprint density at radius 3 is 2.86 bits per heavy atom. The second kappa shape index (κ2) is 7.15. The molecule has 1 aromatic heterocycles. The van der Waals surface area contributed by atoms with Crippen LogP contribution in [0.15, 0.2) is 42.5 Å². The number of carbonyl (C=O) groups excluding carboxylic acids is 3. The Morgan fingerprint density at radius 1 is 1.18 bits per heavy atom. The molecule has 0 fully saturated rings. The van der Waals surface area contributed by atoms with Gasteiger partial charge in [-0.25, -0.2) is 4.98 Å². The zero-order valence-corrected chi connectivity index (χ0v) is 15.2. The number of hydrogen-bond acceptors (Lipinski definition) is 4. The van der Waals surface area contributed by atoms with Crippen LogP contribution < -0.4 is 16.0 Å². The van der Waals surface area contributed by atoms with Crippen molar-refractivity contribution < 1.29 is 14.4 Å². The van der Waals surface area contributed by atoms with E-state index in [1.807, 2.05) is 19.1 Å². The summed E-state index contributed by atoms with van der Waals surface area (Å²) in [5.41, 5.74) is 3.19. The number of anilines is 2. The molecule has 0 radical (unpaired) electrons. The first-order valence-electron chi connectivity index (χ1n) is 8.96. The molecule has 0 aliphatic carbocycles. The Bertz CT molecular complexity index is 1090. The van der Waals surface area contributed by atoms with Gasteiger partial charge in [0, 0.05) is 12.1 Å². The SMILES string of the molecule is Cc1nc2ccc(NC(=O)CCC3NC(=O)c4ccccc4NC3=O)cc2[nH]1. The van der Waals surface area contributed by atoms with Crippen LogP contribution in [0.3, 0.4) is 0 Å². The molecule has 1 unspecified atom stereocenters. The first-order valence-corrected chi connectivity index (χ1v) is 8.96. The summed E-state index contributed by atoms with van der Waals surface area (Å²) >= 11 is 0. The van der Waals surface area contributed by atoms with E-state index in [0.29, 0.717) is 16.9 Å². The second-order valence-corrected chi connectivity index (χ2v) is 6.70. The minimum atomic E-state index is -0.775. The normalized spacial score (nSPS) is 16.1. The maximum Gasteiger partial charge on any atom is 0.254 e. The van der Waals surface area contributed by atoms with Crippen LogP contribution in [-0.2, 0) is 9.59 Å². The summed E-state index contributed by atoms with van der Waals surface area (Å²) in [7, 11) is 0. The van der Waals surface area contributed by atoms with Gasteiger partial charge in [0.1, 0.15) is 11.9 Å². The Labute approximate surface area is 160 Å². The molecule has 4 rings (SSSR count). The smallest absolute Gasteiger partial charge is 0.254 e. The molecule has 0 bridgehead atoms. The highest BCUT2D eigenvalue weighted by Gasteiger charge is 2.27. The minimum Gasteiger partial charge on any atom is -0.342 e. The van der Waals surface area contributed by atoms with Crippen molar-refractivity contribution in [1.29, 1.82) is 0 Å². The van der Waals surface area contributed by atoms with Crippen LogP contribution in [0.25, 0.3) is 11.0 Å². The van der Waals surface area contributed by atoms with Gasteiger partial charge in [0.25, 0.3) is 5.91 Å². The van der Waals surface area contributed by atoms with E-state index in [1.54, 1.807) is 30.3 Å². The highest BCUT2D eigenvalue weighted by atomic mass is 16.2. The van der Waals surface area contributed by atoms with Crippen LogP contribution in [0.4, 0.5) is 11.4 Å². The number of aromatic nitrogens is 2. The van der Waals surface area contributed by atoms with E-state index < -0.39 is 6.04 Å². The summed E-state index contributed by atoms with van der Waals surface area (Å²) in [4.78, 5) is 44.4. The van der Waals surface area contributed by atoms with Gasteiger partial charge in [0.2, 0.25) is 11.8 Å². The molecule has 0 spiro atoms. The number of aryl methyl sites for hydroxylation is 1. The van der Waals surface area contributed by atoms with E-state index in [1.165, 1.54) is 0 Å². The molecule has 1 aliphatic heterocycles. The lowest BCUT2D eigenvalue weighted by Crippen LogP contribution is -2.41. The zero-order valence-electron chi connectivity index (χ0n) is 15.2. The number of benzene rings is 2. The number of carbonyl (C=O) groups is 3. The van der Waals surface area contributed by atoms with Crippen molar-refractivity contribution >= 4 is 40.1 Å². The van der Waals surface area contributed by atoms with Gasteiger partial charge < -0.3 is 20.9 Å². The lowest BCUT2D eigenvalue weighted by atomic mass is 10.1. The number of amides is 3. The van der Waals surface area contributed by atoms with E-state index in [2.05, 4.69) is 25.9 Å². The quantitative estimate of drug-likeness (QED) is 0.558. The van der Waals surface area contributed by atoms with Gasteiger partial charge in [-0.15, -0.1) is 0 Å². The number of H-pyrrole nitrogens is 1. The van der Waals surface area contributed by atoms with Gasteiger partial charge in [-0.3, -0.25) is 14.4 Å². The molecule has 3 aromatic rings. The standard InChI is InChI=1S/C20H19N5O3/c1-11-21-15-7-6-12(10-17(15)22-11)23-18(26)9-8-16-20(28)24-14-5-3-2-4-13(14)19(27)25-16/h2-7,10,16H,8-9H2,1H3,(H,21,22)(H,23,26)(H,24,28)(H,25,27). The summed E-state index contributed by atoms with van der Waals surface area (Å²) in [6.45, 7) is 1.86. The monoisotopic (exact) mass is 377 g/mol. The fourth-order valence-electron chi connectivity index (χ4n) is 3.23. The molecule has 8 heteroatoms.